The van der Waals surface area contributed by atoms with Gasteiger partial charge in [0.1, 0.15) is 0 Å². The number of hydrogen-bond donors (Lipinski definition) is 1. The third-order valence-corrected chi connectivity index (χ3v) is 3.68. The van der Waals surface area contributed by atoms with Crippen molar-refractivity contribution < 1.29 is 13.0 Å². The summed E-state index contributed by atoms with van der Waals surface area (Å²) in [5.41, 5.74) is 0.567. The molecule has 0 radical (unpaired) electrons. The van der Waals surface area contributed by atoms with E-state index in [1.54, 1.807) is 12.2 Å². The third-order valence-electron chi connectivity index (χ3n) is 2.14. The average molecular weight is 273 g/mol. The molecule has 0 amide bonds. The van der Waals surface area contributed by atoms with Gasteiger partial charge in [0.05, 0.1) is 15.7 Å². The first kappa shape index (κ1) is 15.0. The molecule has 5 heteroatoms. The van der Waals surface area contributed by atoms with Gasteiger partial charge in [-0.25, -0.2) is 17.7 Å². The van der Waals surface area contributed by atoms with Gasteiger partial charge < -0.3 is 0 Å². The number of benzene rings is 1. The van der Waals surface area contributed by atoms with Crippen molar-refractivity contribution in [3.05, 3.63) is 41.5 Å². The Balaban J connectivity index is 2.51. The van der Waals surface area contributed by atoms with Crippen molar-refractivity contribution in [2.24, 2.45) is 0 Å². The second-order valence-corrected chi connectivity index (χ2v) is 6.86. The van der Waals surface area contributed by atoms with Gasteiger partial charge in [0, 0.05) is 6.54 Å². The first-order valence-corrected chi connectivity index (χ1v) is 6.72. The standard InChI is InChI=1S/C13H17F2NOS/c1-13(2,3)18(17)16-8-4-5-10-6-7-11(14)12(15)9-10/h4-7,9,16H,8H2,1-3H3/b5-4+/t18-/m1/s1. The van der Waals surface area contributed by atoms with Crippen LogP contribution < -0.4 is 4.72 Å². The van der Waals surface area contributed by atoms with E-state index in [1.165, 1.54) is 6.07 Å². The van der Waals surface area contributed by atoms with Gasteiger partial charge >= 0.3 is 0 Å². The molecule has 0 heterocycles. The molecule has 18 heavy (non-hydrogen) atoms. The smallest absolute Gasteiger partial charge is 0.159 e. The molecule has 0 spiro atoms. The molecule has 0 aromatic heterocycles. The van der Waals surface area contributed by atoms with Crippen LogP contribution in [0, 0.1) is 11.6 Å². The fraction of sp³-hybridized carbons (Fsp3) is 0.385. The summed E-state index contributed by atoms with van der Waals surface area (Å²) < 4.78 is 39.7. The van der Waals surface area contributed by atoms with Gasteiger partial charge in [-0.3, -0.25) is 0 Å². The van der Waals surface area contributed by atoms with Gasteiger partial charge in [0.25, 0.3) is 0 Å². The topological polar surface area (TPSA) is 29.1 Å². The molecule has 0 aliphatic heterocycles. The molecule has 0 unspecified atom stereocenters. The number of hydrogen-bond acceptors (Lipinski definition) is 1. The van der Waals surface area contributed by atoms with Gasteiger partial charge in [0.2, 0.25) is 0 Å². The van der Waals surface area contributed by atoms with Crippen molar-refractivity contribution >= 4 is 17.1 Å². The Hall–Kier alpha value is -1.07. The second-order valence-electron chi connectivity index (χ2n) is 4.81. The Labute approximate surface area is 109 Å². The lowest BCUT2D eigenvalue weighted by molar-refractivity contribution is 0.508. The molecule has 0 aliphatic rings. The zero-order valence-corrected chi connectivity index (χ0v) is 11.5. The highest BCUT2D eigenvalue weighted by Crippen LogP contribution is 2.10. The largest absolute Gasteiger partial charge is 0.242 e. The maximum atomic E-state index is 12.9. The van der Waals surface area contributed by atoms with Gasteiger partial charge in [-0.2, -0.15) is 0 Å². The van der Waals surface area contributed by atoms with Gasteiger partial charge in [-0.15, -0.1) is 0 Å². The molecule has 1 atom stereocenters. The average Bonchev–Trinajstić information content (AvgIpc) is 2.27. The predicted molar refractivity (Wildman–Crippen MR) is 71.3 cm³/mol. The minimum Gasteiger partial charge on any atom is -0.242 e. The van der Waals surface area contributed by atoms with Crippen LogP contribution in [0.3, 0.4) is 0 Å². The lowest BCUT2D eigenvalue weighted by Crippen LogP contribution is -2.33. The van der Waals surface area contributed by atoms with E-state index in [-0.39, 0.29) is 4.75 Å². The molecule has 0 saturated heterocycles. The van der Waals surface area contributed by atoms with Gasteiger partial charge in [0.15, 0.2) is 11.6 Å². The molecule has 2 nitrogen and oxygen atoms in total. The van der Waals surface area contributed by atoms with E-state index in [4.69, 9.17) is 0 Å². The molecule has 1 N–H and O–H groups in total. The maximum absolute atomic E-state index is 12.9. The first-order chi connectivity index (χ1) is 8.30. The lowest BCUT2D eigenvalue weighted by atomic mass is 10.2. The van der Waals surface area contributed by atoms with E-state index in [9.17, 15) is 13.0 Å². The van der Waals surface area contributed by atoms with Crippen molar-refractivity contribution in [2.75, 3.05) is 6.54 Å². The minimum absolute atomic E-state index is 0.324. The van der Waals surface area contributed by atoms with Crippen LogP contribution in [0.15, 0.2) is 24.3 Å². The molecular formula is C13H17F2NOS. The highest BCUT2D eigenvalue weighted by molar-refractivity contribution is 7.84. The van der Waals surface area contributed by atoms with E-state index in [2.05, 4.69) is 4.72 Å². The summed E-state index contributed by atoms with van der Waals surface area (Å²) in [5, 5.41) is 0. The lowest BCUT2D eigenvalue weighted by Gasteiger charge is -2.17. The summed E-state index contributed by atoms with van der Waals surface area (Å²) in [5.74, 6) is -1.73. The summed E-state index contributed by atoms with van der Waals surface area (Å²) in [6.07, 6.45) is 3.37. The molecule has 1 rings (SSSR count). The van der Waals surface area contributed by atoms with E-state index < -0.39 is 22.6 Å². The van der Waals surface area contributed by atoms with Crippen LogP contribution in [0.5, 0.6) is 0 Å². The van der Waals surface area contributed by atoms with Crippen LogP contribution in [0.4, 0.5) is 8.78 Å². The van der Waals surface area contributed by atoms with Gasteiger partial charge in [-0.05, 0) is 38.5 Å². The van der Waals surface area contributed by atoms with Gasteiger partial charge in [-0.1, -0.05) is 18.2 Å². The minimum atomic E-state index is -1.14. The molecular weight excluding hydrogens is 256 g/mol. The molecule has 1 aromatic carbocycles. The highest BCUT2D eigenvalue weighted by atomic mass is 32.2. The number of rotatable bonds is 4. The summed E-state index contributed by atoms with van der Waals surface area (Å²) in [6.45, 7) is 6.02. The van der Waals surface area contributed by atoms with Crippen molar-refractivity contribution in [3.8, 4) is 0 Å². The summed E-state index contributed by atoms with van der Waals surface area (Å²) in [4.78, 5) is 0. The number of nitrogens with one attached hydrogen (secondary N) is 1. The highest BCUT2D eigenvalue weighted by Gasteiger charge is 2.18. The number of halogens is 2. The van der Waals surface area contributed by atoms with Crippen LogP contribution in [0.1, 0.15) is 26.3 Å². The van der Waals surface area contributed by atoms with Crippen LogP contribution in [0.2, 0.25) is 0 Å². The van der Waals surface area contributed by atoms with Crippen molar-refractivity contribution in [1.82, 2.24) is 4.72 Å². The Kier molecular flexibility index (Phi) is 5.16. The first-order valence-electron chi connectivity index (χ1n) is 5.57. The van der Waals surface area contributed by atoms with Crippen LogP contribution in [0.25, 0.3) is 6.08 Å². The Morgan fingerprint density at radius 2 is 1.94 bits per heavy atom. The van der Waals surface area contributed by atoms with E-state index in [0.717, 1.165) is 12.1 Å². The third kappa shape index (κ3) is 4.66. The quantitative estimate of drug-likeness (QED) is 0.897. The zero-order valence-electron chi connectivity index (χ0n) is 10.7. The molecule has 0 saturated carbocycles. The zero-order chi connectivity index (χ0) is 13.8. The summed E-state index contributed by atoms with van der Waals surface area (Å²) >= 11 is 0. The second kappa shape index (κ2) is 6.20. The SMILES string of the molecule is CC(C)(C)[S@@](=O)NC/C=C/c1ccc(F)c(F)c1. The van der Waals surface area contributed by atoms with E-state index in [0.29, 0.717) is 12.1 Å². The fourth-order valence-electron chi connectivity index (χ4n) is 1.15. The summed E-state index contributed by atoms with van der Waals surface area (Å²) in [6, 6.07) is 3.68. The van der Waals surface area contributed by atoms with Crippen molar-refractivity contribution in [2.45, 2.75) is 25.5 Å². The Morgan fingerprint density at radius 3 is 2.50 bits per heavy atom. The molecule has 0 bridgehead atoms. The Morgan fingerprint density at radius 1 is 1.28 bits per heavy atom. The molecule has 1 aromatic rings. The predicted octanol–water partition coefficient (Wildman–Crippen LogP) is 3.03. The summed E-state index contributed by atoms with van der Waals surface area (Å²) in [7, 11) is -1.14. The Bertz CT molecular complexity index is 467. The van der Waals surface area contributed by atoms with Crippen LogP contribution in [-0.2, 0) is 11.0 Å². The fourth-order valence-corrected chi connectivity index (χ4v) is 1.83. The van der Waals surface area contributed by atoms with Crippen molar-refractivity contribution in [3.63, 3.8) is 0 Å². The van der Waals surface area contributed by atoms with E-state index in [1.807, 2.05) is 20.8 Å². The van der Waals surface area contributed by atoms with Crippen LogP contribution >= 0.6 is 0 Å². The normalized spacial score (nSPS) is 14.1. The van der Waals surface area contributed by atoms with Crippen molar-refractivity contribution in [1.29, 1.82) is 0 Å². The van der Waals surface area contributed by atoms with E-state index >= 15 is 0 Å². The van der Waals surface area contributed by atoms with Crippen LogP contribution in [-0.4, -0.2) is 15.5 Å². The monoisotopic (exact) mass is 273 g/mol. The molecule has 0 aliphatic carbocycles. The molecule has 100 valence electrons. The molecule has 0 fully saturated rings. The maximum Gasteiger partial charge on any atom is 0.159 e.